The summed E-state index contributed by atoms with van der Waals surface area (Å²) in [6.45, 7) is 0.756. The first-order valence-corrected chi connectivity index (χ1v) is 9.02. The van der Waals surface area contributed by atoms with Crippen LogP contribution in [-0.2, 0) is 16.1 Å². The number of aromatic amines is 1. The van der Waals surface area contributed by atoms with E-state index in [1.807, 2.05) is 14.1 Å². The first-order valence-electron chi connectivity index (χ1n) is 7.97. The highest BCUT2D eigenvalue weighted by molar-refractivity contribution is 8.00. The zero-order valence-electron chi connectivity index (χ0n) is 15.2. The molecule has 12 heteroatoms. The van der Waals surface area contributed by atoms with E-state index >= 15 is 0 Å². The van der Waals surface area contributed by atoms with Gasteiger partial charge in [-0.15, -0.1) is 36.6 Å². The number of fused-ring (bicyclic) bond motifs is 1. The van der Waals surface area contributed by atoms with Gasteiger partial charge >= 0.3 is 0 Å². The normalized spacial score (nSPS) is 21.2. The van der Waals surface area contributed by atoms with Crippen molar-refractivity contribution >= 4 is 48.5 Å². The Morgan fingerprint density at radius 3 is 2.61 bits per heavy atom. The van der Waals surface area contributed by atoms with Crippen molar-refractivity contribution in [2.45, 2.75) is 18.0 Å². The molecule has 0 spiro atoms. The monoisotopic (exact) mass is 452 g/mol. The molecule has 1 fully saturated rings. The topological polar surface area (TPSA) is 140 Å². The molecule has 156 valence electrons. The van der Waals surface area contributed by atoms with Crippen LogP contribution in [0.25, 0.3) is 0 Å². The number of aromatic hydroxyl groups is 1. The minimum absolute atomic E-state index is 0. The van der Waals surface area contributed by atoms with Gasteiger partial charge in [-0.25, -0.2) is 0 Å². The Bertz CT molecular complexity index is 873. The fourth-order valence-corrected chi connectivity index (χ4v) is 4.60. The lowest BCUT2D eigenvalue weighted by Crippen LogP contribution is -2.69. The van der Waals surface area contributed by atoms with Gasteiger partial charge in [0.25, 0.3) is 0 Å². The van der Waals surface area contributed by atoms with Crippen molar-refractivity contribution in [3.8, 4) is 5.75 Å². The molecule has 1 amide bonds. The Labute approximate surface area is 178 Å². The molecule has 4 N–H and O–H groups in total. The molecule has 28 heavy (non-hydrogen) atoms. The number of nitrogens with one attached hydrogen (secondary N) is 1. The van der Waals surface area contributed by atoms with Crippen molar-refractivity contribution in [3.63, 3.8) is 0 Å². The van der Waals surface area contributed by atoms with Crippen LogP contribution in [0, 0.1) is 0 Å². The van der Waals surface area contributed by atoms with Gasteiger partial charge in [0.15, 0.2) is 5.75 Å². The maximum atomic E-state index is 12.0. The van der Waals surface area contributed by atoms with E-state index in [-0.39, 0.29) is 41.6 Å². The lowest BCUT2D eigenvalue weighted by Gasteiger charge is -2.50. The number of likely N-dealkylation sites (N-methyl/N-ethyl adjacent to an activating group) is 1. The summed E-state index contributed by atoms with van der Waals surface area (Å²) in [4.78, 5) is 39.3. The number of aromatic nitrogens is 1. The molecular weight excluding hydrogens is 431 g/mol. The molecule has 1 saturated heterocycles. The fourth-order valence-electron chi connectivity index (χ4n) is 3.32. The molecule has 3 heterocycles. The predicted octanol–water partition coefficient (Wildman–Crippen LogP) is -1.25. The fraction of sp³-hybridized carbons (Fsp3) is 0.438. The number of amides is 1. The van der Waals surface area contributed by atoms with Crippen LogP contribution in [0.2, 0.25) is 0 Å². The maximum absolute atomic E-state index is 12.0. The van der Waals surface area contributed by atoms with Crippen molar-refractivity contribution in [1.82, 2.24) is 9.88 Å². The molecule has 0 aromatic carbocycles. The Kier molecular flexibility index (Phi) is 7.60. The summed E-state index contributed by atoms with van der Waals surface area (Å²) in [5, 5.41) is 20.6. The Balaban J connectivity index is 0.00000196. The first-order chi connectivity index (χ1) is 12.1. The third kappa shape index (κ3) is 4.47. The van der Waals surface area contributed by atoms with E-state index in [1.165, 1.54) is 28.9 Å². The third-order valence-electron chi connectivity index (χ3n) is 4.45. The number of halogens is 2. The molecule has 0 radical (unpaired) electrons. The van der Waals surface area contributed by atoms with Crippen molar-refractivity contribution in [2.24, 2.45) is 5.73 Å². The molecule has 9 nitrogen and oxygen atoms in total. The second-order valence-electron chi connectivity index (χ2n) is 7.13. The molecule has 3 rings (SSSR count). The van der Waals surface area contributed by atoms with Gasteiger partial charge in [-0.2, -0.15) is 0 Å². The van der Waals surface area contributed by atoms with Crippen molar-refractivity contribution in [1.29, 1.82) is 0 Å². The molecule has 0 bridgehead atoms. The number of carbonyl (C=O) groups excluding carboxylic acids is 2. The minimum Gasteiger partial charge on any atom is -0.543 e. The van der Waals surface area contributed by atoms with Crippen molar-refractivity contribution in [2.75, 3.05) is 26.4 Å². The van der Waals surface area contributed by atoms with Gasteiger partial charge in [0.2, 0.25) is 11.3 Å². The summed E-state index contributed by atoms with van der Waals surface area (Å²) < 4.78 is 0.339. The SMILES string of the molecule is C[N+](C)(CC1=C(C(=O)[O-])N2C(=O)[C@@H](N)[C@@H]2SC1)Cc1cc(=O)c(O)c[nH]1.Cl.Cl. The number of hydrogen-bond donors (Lipinski definition) is 3. The number of carboxylic acids is 1. The molecule has 2 atom stereocenters. The molecule has 0 saturated carbocycles. The average Bonchev–Trinajstić information content (AvgIpc) is 2.56. The van der Waals surface area contributed by atoms with E-state index < -0.39 is 23.3 Å². The first kappa shape index (κ1) is 24.3. The van der Waals surface area contributed by atoms with E-state index in [9.17, 15) is 24.6 Å². The number of quaternary nitrogens is 1. The molecule has 2 aliphatic rings. The number of aliphatic carboxylic acids is 1. The molecular formula is C16H22Cl2N4O5S. The summed E-state index contributed by atoms with van der Waals surface area (Å²) in [5.74, 6) is -1.71. The number of carbonyl (C=O) groups is 2. The van der Waals surface area contributed by atoms with Gasteiger partial charge in [0.05, 0.1) is 31.5 Å². The summed E-state index contributed by atoms with van der Waals surface area (Å²) in [6, 6.07) is 0.632. The second-order valence-corrected chi connectivity index (χ2v) is 8.24. The lowest BCUT2D eigenvalue weighted by atomic mass is 10.0. The van der Waals surface area contributed by atoms with Crippen LogP contribution in [-0.4, -0.2) is 69.2 Å². The maximum Gasteiger partial charge on any atom is 0.248 e. The smallest absolute Gasteiger partial charge is 0.248 e. The van der Waals surface area contributed by atoms with Crippen LogP contribution >= 0.6 is 36.6 Å². The number of nitrogens with two attached hydrogens (primary N) is 1. The standard InChI is InChI=1S/C16H20N4O5S.2ClH/c1-20(2,6-9-3-10(21)11(22)4-18-9)5-8-7-26-15-12(17)14(23)19(15)13(8)16(24)25;;/h3-4,12,15H,5-7,17H2,1-2H3,(H2-,18,21,22,24,25);2*1H/t12-,15+;;/m1../s1. The lowest BCUT2D eigenvalue weighted by molar-refractivity contribution is -0.899. The minimum atomic E-state index is -1.39. The summed E-state index contributed by atoms with van der Waals surface area (Å²) in [7, 11) is 3.76. The molecule has 1 aromatic heterocycles. The number of pyridine rings is 1. The molecule has 2 aliphatic heterocycles. The van der Waals surface area contributed by atoms with Crippen LogP contribution in [0.3, 0.4) is 0 Å². The van der Waals surface area contributed by atoms with E-state index in [1.54, 1.807) is 0 Å². The number of H-pyrrole nitrogens is 1. The predicted molar refractivity (Wildman–Crippen MR) is 107 cm³/mol. The quantitative estimate of drug-likeness (QED) is 0.374. The zero-order chi connectivity index (χ0) is 19.2. The summed E-state index contributed by atoms with van der Waals surface area (Å²) in [5.41, 5.74) is 6.36. The number of rotatable bonds is 5. The zero-order valence-corrected chi connectivity index (χ0v) is 17.7. The van der Waals surface area contributed by atoms with Gasteiger partial charge < -0.3 is 30.2 Å². The summed E-state index contributed by atoms with van der Waals surface area (Å²) in [6.07, 6.45) is 1.23. The van der Waals surface area contributed by atoms with E-state index in [2.05, 4.69) is 4.98 Å². The van der Waals surface area contributed by atoms with Crippen LogP contribution in [0.15, 0.2) is 28.3 Å². The highest BCUT2D eigenvalue weighted by atomic mass is 35.5. The van der Waals surface area contributed by atoms with Gasteiger partial charge in [-0.1, -0.05) is 0 Å². The Morgan fingerprint density at radius 2 is 2.04 bits per heavy atom. The largest absolute Gasteiger partial charge is 0.543 e. The van der Waals surface area contributed by atoms with Crippen LogP contribution in [0.5, 0.6) is 5.75 Å². The highest BCUT2D eigenvalue weighted by Gasteiger charge is 2.50. The van der Waals surface area contributed by atoms with Gasteiger partial charge in [-0.3, -0.25) is 14.5 Å². The molecule has 0 unspecified atom stereocenters. The van der Waals surface area contributed by atoms with E-state index in [0.29, 0.717) is 34.6 Å². The van der Waals surface area contributed by atoms with E-state index in [4.69, 9.17) is 5.73 Å². The molecule has 0 aliphatic carbocycles. The highest BCUT2D eigenvalue weighted by Crippen LogP contribution is 2.39. The van der Waals surface area contributed by atoms with Crippen LogP contribution in [0.1, 0.15) is 5.69 Å². The number of nitrogens with zero attached hydrogens (tertiary/aromatic N) is 2. The molecule has 1 aromatic rings. The number of hydrogen-bond acceptors (Lipinski definition) is 7. The van der Waals surface area contributed by atoms with Crippen LogP contribution < -0.4 is 16.3 Å². The number of thioether (sulfide) groups is 1. The van der Waals surface area contributed by atoms with Crippen molar-refractivity contribution < 1.29 is 24.3 Å². The number of β-lactam (4-membered cyclic amide) rings is 1. The Morgan fingerprint density at radius 1 is 1.39 bits per heavy atom. The second kappa shape index (κ2) is 8.75. The van der Waals surface area contributed by atoms with Gasteiger partial charge in [0, 0.05) is 23.6 Å². The number of carboxylic acid groups (broad SMARTS) is 1. The third-order valence-corrected chi connectivity index (χ3v) is 5.81. The van der Waals surface area contributed by atoms with Gasteiger partial charge in [0.1, 0.15) is 24.5 Å². The van der Waals surface area contributed by atoms with Crippen LogP contribution in [0.4, 0.5) is 0 Å². The van der Waals surface area contributed by atoms with Crippen molar-refractivity contribution in [3.05, 3.63) is 39.5 Å². The average molecular weight is 453 g/mol. The van der Waals surface area contributed by atoms with Gasteiger partial charge in [-0.05, 0) is 0 Å². The Hall–Kier alpha value is -1.72. The summed E-state index contributed by atoms with van der Waals surface area (Å²) >= 11 is 1.44. The van der Waals surface area contributed by atoms with E-state index in [0.717, 1.165) is 0 Å².